The van der Waals surface area contributed by atoms with Gasteiger partial charge in [-0.3, -0.25) is 9.69 Å². The molecule has 2 aromatic heterocycles. The maximum atomic E-state index is 13.6. The Kier molecular flexibility index (Phi) is 4.95. The summed E-state index contributed by atoms with van der Waals surface area (Å²) in [7, 11) is 1.86. The summed E-state index contributed by atoms with van der Waals surface area (Å²) in [4.78, 5) is 14.4. The van der Waals surface area contributed by atoms with Crippen LogP contribution in [0.15, 0.2) is 57.4 Å². The van der Waals surface area contributed by atoms with Crippen LogP contribution < -0.4 is 5.32 Å². The van der Waals surface area contributed by atoms with Gasteiger partial charge in [0.05, 0.1) is 6.54 Å². The maximum Gasteiger partial charge on any atom is 0.242 e. The maximum absolute atomic E-state index is 13.6. The Hall–Kier alpha value is -2.65. The standard InChI is InChI=1S/C18H18FN5O2S/c1-23-11-21-22-18(23)27-15-6-5-14(26-15)10-24-8-7-20-17(25)16(24)12-3-2-4-13(19)9-12/h2-6,9,11,16H,7-8,10H2,1H3,(H,20,25)/t16-/m0/s1. The van der Waals surface area contributed by atoms with Gasteiger partial charge in [-0.05, 0) is 41.6 Å². The van der Waals surface area contributed by atoms with E-state index in [0.29, 0.717) is 30.3 Å². The number of amides is 1. The number of rotatable bonds is 5. The molecule has 140 valence electrons. The van der Waals surface area contributed by atoms with Gasteiger partial charge in [0.15, 0.2) is 10.2 Å². The van der Waals surface area contributed by atoms with Crippen molar-refractivity contribution < 1.29 is 13.6 Å². The summed E-state index contributed by atoms with van der Waals surface area (Å²) < 4.78 is 21.3. The van der Waals surface area contributed by atoms with Crippen molar-refractivity contribution in [3.63, 3.8) is 0 Å². The Morgan fingerprint density at radius 1 is 1.37 bits per heavy atom. The van der Waals surface area contributed by atoms with E-state index in [0.717, 1.165) is 10.9 Å². The topological polar surface area (TPSA) is 76.2 Å². The fourth-order valence-corrected chi connectivity index (χ4v) is 3.82. The van der Waals surface area contributed by atoms with E-state index in [1.165, 1.54) is 23.9 Å². The number of aromatic nitrogens is 3. The van der Waals surface area contributed by atoms with Crippen molar-refractivity contribution in [1.82, 2.24) is 25.0 Å². The van der Waals surface area contributed by atoms with Crippen molar-refractivity contribution in [1.29, 1.82) is 0 Å². The number of aryl methyl sites for hydroxylation is 1. The second kappa shape index (κ2) is 7.53. The van der Waals surface area contributed by atoms with Crippen molar-refractivity contribution in [3.05, 3.63) is 59.9 Å². The van der Waals surface area contributed by atoms with Crippen molar-refractivity contribution in [2.45, 2.75) is 22.8 Å². The number of carbonyl (C=O) groups is 1. The lowest BCUT2D eigenvalue weighted by Gasteiger charge is -2.34. The second-order valence-corrected chi connectivity index (χ2v) is 7.24. The predicted molar refractivity (Wildman–Crippen MR) is 96.4 cm³/mol. The smallest absolute Gasteiger partial charge is 0.242 e. The van der Waals surface area contributed by atoms with Crippen LogP contribution in [0.3, 0.4) is 0 Å². The number of halogens is 1. The lowest BCUT2D eigenvalue weighted by Crippen LogP contribution is -2.49. The van der Waals surface area contributed by atoms with Gasteiger partial charge in [0.1, 0.15) is 23.9 Å². The van der Waals surface area contributed by atoms with E-state index in [1.54, 1.807) is 18.5 Å². The van der Waals surface area contributed by atoms with Crippen LogP contribution in [0.25, 0.3) is 0 Å². The molecule has 0 bridgehead atoms. The lowest BCUT2D eigenvalue weighted by atomic mass is 10.0. The molecule has 1 N–H and O–H groups in total. The molecule has 7 nitrogen and oxygen atoms in total. The van der Waals surface area contributed by atoms with Crippen LogP contribution in [0.2, 0.25) is 0 Å². The SMILES string of the molecule is Cn1cnnc1Sc1ccc(CN2CCNC(=O)[C@@H]2c2cccc(F)c2)o1. The summed E-state index contributed by atoms with van der Waals surface area (Å²) >= 11 is 1.38. The second-order valence-electron chi connectivity index (χ2n) is 6.27. The van der Waals surface area contributed by atoms with Gasteiger partial charge in [-0.2, -0.15) is 0 Å². The third-order valence-corrected chi connectivity index (χ3v) is 5.31. The number of nitrogens with one attached hydrogen (secondary N) is 1. The zero-order chi connectivity index (χ0) is 18.8. The minimum atomic E-state index is -0.547. The molecule has 3 heterocycles. The van der Waals surface area contributed by atoms with Crippen LogP contribution in [0.5, 0.6) is 0 Å². The van der Waals surface area contributed by atoms with Gasteiger partial charge >= 0.3 is 0 Å². The van der Waals surface area contributed by atoms with E-state index in [-0.39, 0.29) is 11.7 Å². The Labute approximate surface area is 159 Å². The first kappa shape index (κ1) is 17.7. The highest BCUT2D eigenvalue weighted by Crippen LogP contribution is 2.30. The summed E-state index contributed by atoms with van der Waals surface area (Å²) in [6.07, 6.45) is 1.63. The average Bonchev–Trinajstić information content (AvgIpc) is 3.25. The highest BCUT2D eigenvalue weighted by molar-refractivity contribution is 7.99. The molecule has 9 heteroatoms. The zero-order valence-electron chi connectivity index (χ0n) is 14.6. The van der Waals surface area contributed by atoms with Gasteiger partial charge < -0.3 is 14.3 Å². The fraction of sp³-hybridized carbons (Fsp3) is 0.278. The first-order valence-electron chi connectivity index (χ1n) is 8.48. The van der Waals surface area contributed by atoms with Crippen molar-refractivity contribution in [2.24, 2.45) is 7.05 Å². The monoisotopic (exact) mass is 387 g/mol. The van der Waals surface area contributed by atoms with E-state index in [4.69, 9.17) is 4.42 Å². The molecule has 0 saturated carbocycles. The molecule has 1 saturated heterocycles. The Bertz CT molecular complexity index is 957. The summed E-state index contributed by atoms with van der Waals surface area (Å²) in [6.45, 7) is 1.65. The Balaban J connectivity index is 1.52. The van der Waals surface area contributed by atoms with Crippen molar-refractivity contribution in [2.75, 3.05) is 13.1 Å². The molecule has 0 aliphatic carbocycles. The normalized spacial score (nSPS) is 17.9. The summed E-state index contributed by atoms with van der Waals surface area (Å²) in [5.74, 6) is 0.244. The molecule has 1 amide bonds. The molecule has 27 heavy (non-hydrogen) atoms. The van der Waals surface area contributed by atoms with E-state index in [1.807, 2.05) is 28.6 Å². The molecular formula is C18H18FN5O2S. The zero-order valence-corrected chi connectivity index (χ0v) is 15.4. The molecule has 1 atom stereocenters. The van der Waals surface area contributed by atoms with Crippen LogP contribution in [0, 0.1) is 5.82 Å². The number of nitrogens with zero attached hydrogens (tertiary/aromatic N) is 4. The fourth-order valence-electron chi connectivity index (χ4n) is 3.08. The third-order valence-electron chi connectivity index (χ3n) is 4.33. The number of benzene rings is 1. The van der Waals surface area contributed by atoms with Crippen LogP contribution >= 0.6 is 11.8 Å². The van der Waals surface area contributed by atoms with Gasteiger partial charge in [-0.1, -0.05) is 12.1 Å². The number of carbonyl (C=O) groups excluding carboxylic acids is 1. The van der Waals surface area contributed by atoms with Crippen molar-refractivity contribution in [3.8, 4) is 0 Å². The molecular weight excluding hydrogens is 369 g/mol. The molecule has 1 aliphatic heterocycles. The average molecular weight is 387 g/mol. The van der Waals surface area contributed by atoms with Crippen LogP contribution in [0.1, 0.15) is 17.4 Å². The van der Waals surface area contributed by atoms with Gasteiger partial charge in [0.25, 0.3) is 0 Å². The van der Waals surface area contributed by atoms with Crippen molar-refractivity contribution >= 4 is 17.7 Å². The molecule has 1 aliphatic rings. The van der Waals surface area contributed by atoms with Gasteiger partial charge in [-0.15, -0.1) is 10.2 Å². The van der Waals surface area contributed by atoms with Gasteiger partial charge in [-0.25, -0.2) is 4.39 Å². The Morgan fingerprint density at radius 3 is 3.04 bits per heavy atom. The highest BCUT2D eigenvalue weighted by Gasteiger charge is 2.32. The minimum Gasteiger partial charge on any atom is -0.453 e. The molecule has 0 radical (unpaired) electrons. The number of furan rings is 1. The van der Waals surface area contributed by atoms with E-state index in [2.05, 4.69) is 15.5 Å². The Morgan fingerprint density at radius 2 is 2.26 bits per heavy atom. The van der Waals surface area contributed by atoms with Gasteiger partial charge in [0.2, 0.25) is 5.91 Å². The van der Waals surface area contributed by atoms with Gasteiger partial charge in [0, 0.05) is 20.1 Å². The van der Waals surface area contributed by atoms with Crippen LogP contribution in [-0.2, 0) is 18.4 Å². The minimum absolute atomic E-state index is 0.132. The third kappa shape index (κ3) is 3.88. The molecule has 3 aromatic rings. The predicted octanol–water partition coefficient (Wildman–Crippen LogP) is 2.37. The van der Waals surface area contributed by atoms with Crippen LogP contribution in [0.4, 0.5) is 4.39 Å². The molecule has 1 aromatic carbocycles. The molecule has 0 spiro atoms. The lowest BCUT2D eigenvalue weighted by molar-refractivity contribution is -0.129. The quantitative estimate of drug-likeness (QED) is 0.724. The highest BCUT2D eigenvalue weighted by atomic mass is 32.2. The molecule has 0 unspecified atom stereocenters. The molecule has 1 fully saturated rings. The van der Waals surface area contributed by atoms with E-state index in [9.17, 15) is 9.18 Å². The first-order chi connectivity index (χ1) is 13.1. The number of hydrogen-bond acceptors (Lipinski definition) is 6. The van der Waals surface area contributed by atoms with Crippen LogP contribution in [-0.4, -0.2) is 38.7 Å². The largest absolute Gasteiger partial charge is 0.453 e. The summed E-state index contributed by atoms with van der Waals surface area (Å²) in [6, 6.07) is 9.37. The summed E-state index contributed by atoms with van der Waals surface area (Å²) in [5.41, 5.74) is 0.632. The number of piperazine rings is 1. The van der Waals surface area contributed by atoms with E-state index >= 15 is 0 Å². The van der Waals surface area contributed by atoms with E-state index < -0.39 is 6.04 Å². The summed E-state index contributed by atoms with van der Waals surface area (Å²) in [5, 5.41) is 12.1. The number of hydrogen-bond donors (Lipinski definition) is 1. The molecule has 4 rings (SSSR count). The first-order valence-corrected chi connectivity index (χ1v) is 9.29.